The molecule has 0 unspecified atom stereocenters. The molecule has 0 heterocycles. The highest BCUT2D eigenvalue weighted by Gasteiger charge is 2.95. The maximum Gasteiger partial charge on any atom is 0.384 e. The third-order valence-corrected chi connectivity index (χ3v) is 2.68. The van der Waals surface area contributed by atoms with Gasteiger partial charge in [-0.15, -0.1) is 0 Å². The fraction of sp³-hybridized carbons (Fsp3) is 1.00. The van der Waals surface area contributed by atoms with E-state index in [-0.39, 0.29) is 0 Å². The average molecular weight is 294 g/mol. The summed E-state index contributed by atoms with van der Waals surface area (Å²) in [5.74, 6) is -37.1. The summed E-state index contributed by atoms with van der Waals surface area (Å²) in [6.45, 7) is -2.51. The van der Waals surface area contributed by atoms with Crippen molar-refractivity contribution < 1.29 is 49.0 Å². The van der Waals surface area contributed by atoms with Crippen LogP contribution in [-0.4, -0.2) is 41.3 Å². The summed E-state index contributed by atoms with van der Waals surface area (Å²) in [5, 5.41) is 8.13. The van der Waals surface area contributed by atoms with Crippen LogP contribution in [0.3, 0.4) is 0 Å². The van der Waals surface area contributed by atoms with Crippen LogP contribution in [0.2, 0.25) is 0 Å². The van der Waals surface area contributed by atoms with Gasteiger partial charge in [-0.25, -0.2) is 0 Å². The van der Waals surface area contributed by atoms with Crippen LogP contribution in [0.4, 0.5) is 43.9 Å². The zero-order valence-electron chi connectivity index (χ0n) is 8.01. The molecule has 18 heavy (non-hydrogen) atoms. The van der Waals surface area contributed by atoms with Gasteiger partial charge in [0.05, 0.1) is 6.61 Å². The Balaban J connectivity index is 3.59. The van der Waals surface area contributed by atoms with Crippen LogP contribution in [-0.2, 0) is 0 Å². The Kier molecular flexibility index (Phi) is 2.91. The number of alkyl halides is 10. The summed E-state index contributed by atoms with van der Waals surface area (Å²) in [6, 6.07) is 0. The molecule has 1 fully saturated rings. The number of aliphatic hydroxyl groups is 1. The highest BCUT2D eigenvalue weighted by molar-refractivity contribution is 5.18. The maximum atomic E-state index is 12.8. The second kappa shape index (κ2) is 3.42. The molecule has 11 heteroatoms. The molecule has 0 aromatic heterocycles. The van der Waals surface area contributed by atoms with Crippen LogP contribution in [0.25, 0.3) is 0 Å². The van der Waals surface area contributed by atoms with Gasteiger partial charge in [0.25, 0.3) is 0 Å². The normalized spacial score (nSPS) is 32.2. The number of aliphatic hydroxyl groups excluding tert-OH is 1. The highest BCUT2D eigenvalue weighted by Crippen LogP contribution is 2.66. The van der Waals surface area contributed by atoms with Gasteiger partial charge in [0.2, 0.25) is 0 Å². The molecular weight excluding hydrogens is 290 g/mol. The molecular formula is C7H4F10O. The lowest BCUT2D eigenvalue weighted by Crippen LogP contribution is -2.78. The van der Waals surface area contributed by atoms with Crippen LogP contribution in [0.15, 0.2) is 0 Å². The van der Waals surface area contributed by atoms with Gasteiger partial charge in [0.15, 0.2) is 0 Å². The predicted molar refractivity (Wildman–Crippen MR) is 35.3 cm³/mol. The minimum atomic E-state index is -6.96. The van der Waals surface area contributed by atoms with Crippen molar-refractivity contribution in [2.75, 3.05) is 6.61 Å². The van der Waals surface area contributed by atoms with Crippen molar-refractivity contribution in [2.24, 2.45) is 5.92 Å². The molecule has 0 aliphatic heterocycles. The van der Waals surface area contributed by atoms with Crippen LogP contribution >= 0.6 is 0 Å². The molecule has 0 aromatic rings. The van der Waals surface area contributed by atoms with Gasteiger partial charge in [-0.3, -0.25) is 0 Å². The van der Waals surface area contributed by atoms with Gasteiger partial charge in [0.1, 0.15) is 5.92 Å². The number of hydrogen-bond donors (Lipinski definition) is 1. The summed E-state index contributed by atoms with van der Waals surface area (Å²) in [4.78, 5) is 0. The Hall–Kier alpha value is -0.740. The van der Waals surface area contributed by atoms with Gasteiger partial charge in [-0.05, 0) is 0 Å². The van der Waals surface area contributed by atoms with E-state index in [0.29, 0.717) is 0 Å². The lowest BCUT2D eigenvalue weighted by atomic mass is 9.75. The molecule has 0 bridgehead atoms. The van der Waals surface area contributed by atoms with E-state index in [1.54, 1.807) is 0 Å². The SMILES string of the molecule is OCC1C(F)(F)C(F)(F)C(F)(F)C(F)(F)C1(F)F. The number of rotatable bonds is 1. The molecule has 1 aliphatic carbocycles. The first kappa shape index (κ1) is 15.3. The maximum absolute atomic E-state index is 12.8. The molecule has 0 amide bonds. The Labute approximate surface area is 92.4 Å². The van der Waals surface area contributed by atoms with Crippen molar-refractivity contribution in [3.63, 3.8) is 0 Å². The molecule has 1 aliphatic rings. The molecule has 1 nitrogen and oxygen atoms in total. The van der Waals surface area contributed by atoms with E-state index < -0.39 is 42.1 Å². The Morgan fingerprint density at radius 3 is 1.11 bits per heavy atom. The number of hydrogen-bond acceptors (Lipinski definition) is 1. The zero-order valence-corrected chi connectivity index (χ0v) is 8.01. The lowest BCUT2D eigenvalue weighted by Gasteiger charge is -2.49. The van der Waals surface area contributed by atoms with Crippen molar-refractivity contribution in [1.82, 2.24) is 0 Å². The van der Waals surface area contributed by atoms with Gasteiger partial charge < -0.3 is 5.11 Å². The summed E-state index contributed by atoms with van der Waals surface area (Å²) < 4.78 is 127. The molecule has 0 saturated heterocycles. The lowest BCUT2D eigenvalue weighted by molar-refractivity contribution is -0.465. The third-order valence-electron chi connectivity index (χ3n) is 2.68. The van der Waals surface area contributed by atoms with Crippen LogP contribution in [0.5, 0.6) is 0 Å². The first-order chi connectivity index (χ1) is 7.69. The second-order valence-electron chi connectivity index (χ2n) is 3.70. The fourth-order valence-corrected chi connectivity index (χ4v) is 1.51. The van der Waals surface area contributed by atoms with Gasteiger partial charge in [-0.1, -0.05) is 0 Å². The number of halogens is 10. The predicted octanol–water partition coefficient (Wildman–Crippen LogP) is 2.79. The van der Waals surface area contributed by atoms with E-state index in [1.807, 2.05) is 0 Å². The highest BCUT2D eigenvalue weighted by atomic mass is 19.4. The standard InChI is InChI=1S/C7H4F10O/c8-3(9)2(1-18)4(10,11)6(14,15)7(16,17)5(3,12)13/h2,18H,1H2. The molecule has 1 N–H and O–H groups in total. The van der Waals surface area contributed by atoms with Crippen molar-refractivity contribution in [3.05, 3.63) is 0 Å². The third kappa shape index (κ3) is 1.28. The fourth-order valence-electron chi connectivity index (χ4n) is 1.51. The summed E-state index contributed by atoms with van der Waals surface area (Å²) in [6.07, 6.45) is 0. The molecule has 0 spiro atoms. The summed E-state index contributed by atoms with van der Waals surface area (Å²) >= 11 is 0. The van der Waals surface area contributed by atoms with Gasteiger partial charge in [0, 0.05) is 0 Å². The van der Waals surface area contributed by atoms with E-state index in [1.165, 1.54) is 0 Å². The largest absolute Gasteiger partial charge is 0.396 e. The minimum Gasteiger partial charge on any atom is -0.396 e. The van der Waals surface area contributed by atoms with Crippen molar-refractivity contribution in [1.29, 1.82) is 0 Å². The molecule has 108 valence electrons. The first-order valence-corrected chi connectivity index (χ1v) is 4.19. The van der Waals surface area contributed by atoms with E-state index in [9.17, 15) is 43.9 Å². The molecule has 1 rings (SSSR count). The monoisotopic (exact) mass is 294 g/mol. The quantitative estimate of drug-likeness (QED) is 0.737. The van der Waals surface area contributed by atoms with E-state index >= 15 is 0 Å². The zero-order chi connectivity index (χ0) is 14.8. The van der Waals surface area contributed by atoms with E-state index in [2.05, 4.69) is 0 Å². The Morgan fingerprint density at radius 2 is 0.889 bits per heavy atom. The van der Waals surface area contributed by atoms with Crippen LogP contribution in [0.1, 0.15) is 0 Å². The molecule has 0 atom stereocenters. The summed E-state index contributed by atoms with van der Waals surface area (Å²) in [7, 11) is 0. The first-order valence-electron chi connectivity index (χ1n) is 4.19. The van der Waals surface area contributed by atoms with Gasteiger partial charge >= 0.3 is 29.6 Å². The van der Waals surface area contributed by atoms with Crippen molar-refractivity contribution in [2.45, 2.75) is 29.6 Å². The van der Waals surface area contributed by atoms with Gasteiger partial charge in [-0.2, -0.15) is 43.9 Å². The topological polar surface area (TPSA) is 20.2 Å². The molecule has 1 saturated carbocycles. The second-order valence-corrected chi connectivity index (χ2v) is 3.70. The van der Waals surface area contributed by atoms with Crippen LogP contribution in [0, 0.1) is 5.92 Å². The van der Waals surface area contributed by atoms with Crippen LogP contribution < -0.4 is 0 Å². The van der Waals surface area contributed by atoms with Crippen molar-refractivity contribution in [3.8, 4) is 0 Å². The summed E-state index contributed by atoms with van der Waals surface area (Å²) in [5.41, 5.74) is 0. The van der Waals surface area contributed by atoms with E-state index in [4.69, 9.17) is 5.11 Å². The average Bonchev–Trinajstić information content (AvgIpc) is 2.15. The Bertz CT molecular complexity index is 318. The smallest absolute Gasteiger partial charge is 0.384 e. The minimum absolute atomic E-state index is 2.51. The Morgan fingerprint density at radius 1 is 0.611 bits per heavy atom. The molecule has 0 radical (unpaired) electrons. The van der Waals surface area contributed by atoms with Crippen molar-refractivity contribution >= 4 is 0 Å². The van der Waals surface area contributed by atoms with E-state index in [0.717, 1.165) is 0 Å². The molecule has 0 aromatic carbocycles.